The smallest absolute Gasteiger partial charge is 0.226 e. The molecule has 0 saturated carbocycles. The summed E-state index contributed by atoms with van der Waals surface area (Å²) in [5, 5.41) is 17.1. The molecule has 2 N–H and O–H groups in total. The van der Waals surface area contributed by atoms with Gasteiger partial charge in [0.25, 0.3) is 0 Å². The molecule has 0 radical (unpaired) electrons. The Bertz CT molecular complexity index is 1090. The van der Waals surface area contributed by atoms with Gasteiger partial charge in [0.15, 0.2) is 17.3 Å². The molecule has 1 unspecified atom stereocenters. The van der Waals surface area contributed by atoms with E-state index in [4.69, 9.17) is 9.47 Å². The Hall–Kier alpha value is -3.62. The van der Waals surface area contributed by atoms with Gasteiger partial charge in [0.05, 0.1) is 20.4 Å². The third-order valence-electron chi connectivity index (χ3n) is 4.86. The van der Waals surface area contributed by atoms with E-state index in [2.05, 4.69) is 10.4 Å². The summed E-state index contributed by atoms with van der Waals surface area (Å²) in [6.45, 7) is 0. The number of anilines is 1. The number of carbonyl (C=O) groups is 1. The molecule has 0 aliphatic carbocycles. The minimum Gasteiger partial charge on any atom is -0.502 e. The standard InChI is InChI=1S/C20H17F2N3O4/c1-28-16-5-10(6-17(29-2)19(16)27)12-8-18(26)24-20-13(12)9-23-25(20)15-4-3-11(21)7-14(15)22/h3-7,9,12,27H,8H2,1-2H3,(H,24,26). The Kier molecular flexibility index (Phi) is 4.57. The molecule has 1 aromatic heterocycles. The first kappa shape index (κ1) is 18.7. The maximum atomic E-state index is 14.3. The fourth-order valence-corrected chi connectivity index (χ4v) is 3.47. The summed E-state index contributed by atoms with van der Waals surface area (Å²) < 4.78 is 39.2. The number of hydrogen-bond acceptors (Lipinski definition) is 5. The van der Waals surface area contributed by atoms with Crippen molar-refractivity contribution < 1.29 is 28.2 Å². The highest BCUT2D eigenvalue weighted by Crippen LogP contribution is 2.44. The van der Waals surface area contributed by atoms with Crippen LogP contribution in [0.2, 0.25) is 0 Å². The van der Waals surface area contributed by atoms with Gasteiger partial charge in [-0.15, -0.1) is 0 Å². The number of phenols is 1. The number of fused-ring (bicyclic) bond motifs is 1. The van der Waals surface area contributed by atoms with Crippen LogP contribution in [-0.2, 0) is 4.79 Å². The number of hydrogen-bond donors (Lipinski definition) is 2. The Labute approximate surface area is 164 Å². The topological polar surface area (TPSA) is 85.6 Å². The molecule has 9 heteroatoms. The summed E-state index contributed by atoms with van der Waals surface area (Å²) in [7, 11) is 2.82. The lowest BCUT2D eigenvalue weighted by Crippen LogP contribution is -2.24. The second-order valence-corrected chi connectivity index (χ2v) is 6.53. The van der Waals surface area contributed by atoms with Crippen molar-refractivity contribution in [3.05, 3.63) is 59.3 Å². The van der Waals surface area contributed by atoms with Gasteiger partial charge >= 0.3 is 0 Å². The van der Waals surface area contributed by atoms with Crippen LogP contribution in [0.5, 0.6) is 17.2 Å². The van der Waals surface area contributed by atoms with E-state index < -0.39 is 17.6 Å². The summed E-state index contributed by atoms with van der Waals surface area (Å²) in [4.78, 5) is 12.4. The Balaban J connectivity index is 1.85. The van der Waals surface area contributed by atoms with Crippen molar-refractivity contribution in [1.29, 1.82) is 0 Å². The fraction of sp³-hybridized carbons (Fsp3) is 0.200. The monoisotopic (exact) mass is 401 g/mol. The van der Waals surface area contributed by atoms with E-state index in [0.29, 0.717) is 16.9 Å². The summed E-state index contributed by atoms with van der Waals surface area (Å²) in [5.41, 5.74) is 1.31. The molecular weight excluding hydrogens is 384 g/mol. The molecule has 7 nitrogen and oxygen atoms in total. The minimum absolute atomic E-state index is 0.00877. The zero-order chi connectivity index (χ0) is 20.7. The number of halogens is 2. The summed E-state index contributed by atoms with van der Waals surface area (Å²) in [6.07, 6.45) is 1.63. The fourth-order valence-electron chi connectivity index (χ4n) is 3.47. The van der Waals surface area contributed by atoms with Gasteiger partial charge in [0.1, 0.15) is 17.3 Å². The number of benzene rings is 2. The molecule has 29 heavy (non-hydrogen) atoms. The predicted octanol–water partition coefficient (Wildman–Crippen LogP) is 3.35. The van der Waals surface area contributed by atoms with Crippen molar-refractivity contribution >= 4 is 11.7 Å². The third kappa shape index (κ3) is 3.14. The van der Waals surface area contributed by atoms with Crippen LogP contribution < -0.4 is 14.8 Å². The predicted molar refractivity (Wildman–Crippen MR) is 99.8 cm³/mol. The van der Waals surface area contributed by atoms with Crippen molar-refractivity contribution in [2.24, 2.45) is 0 Å². The molecule has 150 valence electrons. The lowest BCUT2D eigenvalue weighted by Gasteiger charge is -2.24. The molecule has 0 bridgehead atoms. The van der Waals surface area contributed by atoms with Crippen LogP contribution in [0.3, 0.4) is 0 Å². The van der Waals surface area contributed by atoms with Crippen LogP contribution >= 0.6 is 0 Å². The second-order valence-electron chi connectivity index (χ2n) is 6.53. The van der Waals surface area contributed by atoms with E-state index in [0.717, 1.165) is 12.1 Å². The minimum atomic E-state index is -0.805. The third-order valence-corrected chi connectivity index (χ3v) is 4.86. The molecule has 1 aliphatic rings. The molecule has 1 aliphatic heterocycles. The average molecular weight is 401 g/mol. The first-order valence-electron chi connectivity index (χ1n) is 8.71. The van der Waals surface area contributed by atoms with Gasteiger partial charge < -0.3 is 19.9 Å². The number of phenolic OH excluding ortho intramolecular Hbond substituents is 1. The van der Waals surface area contributed by atoms with Crippen LogP contribution in [0, 0.1) is 11.6 Å². The largest absolute Gasteiger partial charge is 0.502 e. The highest BCUT2D eigenvalue weighted by molar-refractivity contribution is 5.94. The van der Waals surface area contributed by atoms with Crippen molar-refractivity contribution in [2.45, 2.75) is 12.3 Å². The number of methoxy groups -OCH3 is 2. The lowest BCUT2D eigenvalue weighted by atomic mass is 9.87. The summed E-state index contributed by atoms with van der Waals surface area (Å²) >= 11 is 0. The number of ether oxygens (including phenoxy) is 2. The Morgan fingerprint density at radius 3 is 2.48 bits per heavy atom. The quantitative estimate of drug-likeness (QED) is 0.700. The van der Waals surface area contributed by atoms with Gasteiger partial charge in [-0.05, 0) is 29.8 Å². The molecule has 1 amide bonds. The van der Waals surface area contributed by atoms with E-state index in [1.54, 1.807) is 12.1 Å². The highest BCUT2D eigenvalue weighted by atomic mass is 19.1. The maximum absolute atomic E-state index is 14.3. The number of nitrogens with one attached hydrogen (secondary N) is 1. The van der Waals surface area contributed by atoms with Crippen LogP contribution in [-0.4, -0.2) is 35.0 Å². The van der Waals surface area contributed by atoms with Crippen molar-refractivity contribution in [2.75, 3.05) is 19.5 Å². The number of nitrogens with zero attached hydrogens (tertiary/aromatic N) is 2. The summed E-state index contributed by atoms with van der Waals surface area (Å²) in [5.74, 6) is -1.70. The number of rotatable bonds is 4. The van der Waals surface area contributed by atoms with Crippen molar-refractivity contribution in [1.82, 2.24) is 9.78 Å². The van der Waals surface area contributed by atoms with E-state index in [9.17, 15) is 18.7 Å². The van der Waals surface area contributed by atoms with Gasteiger partial charge in [0.2, 0.25) is 11.7 Å². The lowest BCUT2D eigenvalue weighted by molar-refractivity contribution is -0.116. The molecule has 2 aromatic carbocycles. The molecule has 0 saturated heterocycles. The highest BCUT2D eigenvalue weighted by Gasteiger charge is 2.32. The van der Waals surface area contributed by atoms with Gasteiger partial charge in [-0.25, -0.2) is 13.5 Å². The molecule has 3 aromatic rings. The maximum Gasteiger partial charge on any atom is 0.226 e. The van der Waals surface area contributed by atoms with Crippen LogP contribution in [0.4, 0.5) is 14.6 Å². The number of carbonyl (C=O) groups excluding carboxylic acids is 1. The molecule has 1 atom stereocenters. The van der Waals surface area contributed by atoms with E-state index in [1.807, 2.05) is 0 Å². The van der Waals surface area contributed by atoms with Crippen LogP contribution in [0.25, 0.3) is 5.69 Å². The van der Waals surface area contributed by atoms with E-state index in [-0.39, 0.29) is 35.3 Å². The SMILES string of the molecule is COc1cc(C2CC(=O)Nc3c2cnn3-c2ccc(F)cc2F)cc(OC)c1O. The van der Waals surface area contributed by atoms with Gasteiger partial charge in [-0.3, -0.25) is 4.79 Å². The number of aromatic nitrogens is 2. The molecule has 0 spiro atoms. The van der Waals surface area contributed by atoms with E-state index in [1.165, 1.54) is 31.2 Å². The summed E-state index contributed by atoms with van der Waals surface area (Å²) in [6, 6.07) is 6.34. The molecule has 0 fully saturated rings. The second kappa shape index (κ2) is 7.08. The van der Waals surface area contributed by atoms with Crippen LogP contribution in [0.1, 0.15) is 23.5 Å². The first-order chi connectivity index (χ1) is 13.9. The molecule has 2 heterocycles. The van der Waals surface area contributed by atoms with Crippen LogP contribution in [0.15, 0.2) is 36.5 Å². The number of amides is 1. The van der Waals surface area contributed by atoms with Crippen molar-refractivity contribution in [3.8, 4) is 22.9 Å². The van der Waals surface area contributed by atoms with Gasteiger partial charge in [-0.1, -0.05) is 0 Å². The van der Waals surface area contributed by atoms with Gasteiger partial charge in [0, 0.05) is 24.0 Å². The Morgan fingerprint density at radius 2 is 1.86 bits per heavy atom. The van der Waals surface area contributed by atoms with E-state index >= 15 is 0 Å². The average Bonchev–Trinajstić information content (AvgIpc) is 3.11. The first-order valence-corrected chi connectivity index (χ1v) is 8.71. The zero-order valence-electron chi connectivity index (χ0n) is 15.6. The normalized spacial score (nSPS) is 15.6. The van der Waals surface area contributed by atoms with Crippen molar-refractivity contribution in [3.63, 3.8) is 0 Å². The Morgan fingerprint density at radius 1 is 1.17 bits per heavy atom. The molecular formula is C20H17F2N3O4. The molecule has 4 rings (SSSR count). The zero-order valence-corrected chi connectivity index (χ0v) is 15.6. The van der Waals surface area contributed by atoms with Gasteiger partial charge in [-0.2, -0.15) is 5.10 Å². The number of aromatic hydroxyl groups is 1.